The second-order valence-corrected chi connectivity index (χ2v) is 9.48. The highest BCUT2D eigenvalue weighted by Gasteiger charge is 2.21. The van der Waals surface area contributed by atoms with Gasteiger partial charge < -0.3 is 61.9 Å². The highest BCUT2D eigenvalue weighted by Crippen LogP contribution is 2.42. The van der Waals surface area contributed by atoms with E-state index in [2.05, 4.69) is 15.9 Å². The number of carbonyl (C=O) groups is 1. The third-order valence-corrected chi connectivity index (χ3v) is 6.32. The molecule has 0 unspecified atom stereocenters. The van der Waals surface area contributed by atoms with Gasteiger partial charge in [0.1, 0.15) is 17.2 Å². The van der Waals surface area contributed by atoms with Gasteiger partial charge in [-0.1, -0.05) is 0 Å². The van der Waals surface area contributed by atoms with E-state index in [1.54, 1.807) is 44.6 Å². The first kappa shape index (κ1) is 32.8. The number of rotatable bonds is 11. The Morgan fingerprint density at radius 3 is 1.64 bits per heavy atom. The average molecular weight is 683 g/mol. The molecule has 15 heteroatoms. The molecular weight excluding hydrogens is 652 g/mol. The molecule has 3 aromatic rings. The van der Waals surface area contributed by atoms with Gasteiger partial charge in [-0.25, -0.2) is 0 Å². The van der Waals surface area contributed by atoms with E-state index in [-0.39, 0.29) is 47.4 Å². The van der Waals surface area contributed by atoms with Gasteiger partial charge in [-0.2, -0.15) is 0 Å². The van der Waals surface area contributed by atoms with E-state index in [1.165, 1.54) is 7.11 Å². The molecule has 0 saturated heterocycles. The van der Waals surface area contributed by atoms with Crippen LogP contribution < -0.4 is 42.6 Å². The second kappa shape index (κ2) is 16.6. The number of hydrogen-bond acceptors (Lipinski definition) is 14. The predicted molar refractivity (Wildman–Crippen MR) is 154 cm³/mol. The summed E-state index contributed by atoms with van der Waals surface area (Å²) in [6, 6.07) is 10.2. The molecular formula is C29H31BrO14. The Labute approximate surface area is 261 Å². The zero-order valence-electron chi connectivity index (χ0n) is 24.1. The van der Waals surface area contributed by atoms with Gasteiger partial charge in [-0.15, -0.1) is 0 Å². The first-order chi connectivity index (χ1) is 21.5. The molecule has 3 aliphatic heterocycles. The normalized spacial score (nSPS) is 12.8. The lowest BCUT2D eigenvalue weighted by molar-refractivity contribution is 0.0507. The summed E-state index contributed by atoms with van der Waals surface area (Å²) in [5, 5.41) is 9.13. The summed E-state index contributed by atoms with van der Waals surface area (Å²) in [5.41, 5.74) is 1.06. The lowest BCUT2D eigenvalue weighted by atomic mass is 10.2. The Morgan fingerprint density at radius 2 is 1.11 bits per heavy atom. The van der Waals surface area contributed by atoms with Gasteiger partial charge >= 0.3 is 0 Å². The molecule has 0 bridgehead atoms. The lowest BCUT2D eigenvalue weighted by Gasteiger charge is -2.08. The summed E-state index contributed by atoms with van der Waals surface area (Å²) in [4.78, 5) is 10.8. The van der Waals surface area contributed by atoms with Crippen molar-refractivity contribution in [2.24, 2.45) is 0 Å². The van der Waals surface area contributed by atoms with Gasteiger partial charge in [0.25, 0.3) is 0 Å². The van der Waals surface area contributed by atoms with Crippen LogP contribution >= 0.6 is 15.9 Å². The monoisotopic (exact) mass is 682 g/mol. The SMILES string of the molecule is COCOc1cc(Br)c2c(c1)OCO2.COCOc1cc(C=O)c2c(c1)OCO2.COCOc1cc(CO)c2c(c1)OCO2. The topological polar surface area (TPSA) is 148 Å². The predicted octanol–water partition coefficient (Wildman–Crippen LogP) is 4.26. The number of aliphatic hydroxyl groups is 1. The van der Waals surface area contributed by atoms with E-state index >= 15 is 0 Å². The number of hydrogen-bond donors (Lipinski definition) is 1. The number of ether oxygens (including phenoxy) is 12. The largest absolute Gasteiger partial charge is 0.467 e. The van der Waals surface area contributed by atoms with Crippen LogP contribution in [0, 0.1) is 0 Å². The number of aliphatic hydroxyl groups excluding tert-OH is 1. The number of benzene rings is 3. The Hall–Kier alpha value is -4.15. The lowest BCUT2D eigenvalue weighted by Crippen LogP contribution is -1.99. The van der Waals surface area contributed by atoms with Crippen molar-refractivity contribution >= 4 is 22.2 Å². The number of carbonyl (C=O) groups excluding carboxylic acids is 1. The molecule has 1 N–H and O–H groups in total. The van der Waals surface area contributed by atoms with Crippen LogP contribution in [0.3, 0.4) is 0 Å². The third-order valence-electron chi connectivity index (χ3n) is 5.73. The van der Waals surface area contributed by atoms with Crippen LogP contribution in [-0.4, -0.2) is 73.5 Å². The summed E-state index contributed by atoms with van der Waals surface area (Å²) in [6.45, 7) is 0.937. The van der Waals surface area contributed by atoms with Gasteiger partial charge in [0, 0.05) is 45.1 Å². The molecule has 0 aliphatic carbocycles. The minimum absolute atomic E-state index is 0.115. The maximum Gasteiger partial charge on any atom is 0.231 e. The highest BCUT2D eigenvalue weighted by atomic mass is 79.9. The number of methoxy groups -OCH3 is 3. The second-order valence-electron chi connectivity index (χ2n) is 8.63. The molecule has 3 aromatic carbocycles. The van der Waals surface area contributed by atoms with Crippen molar-refractivity contribution < 1.29 is 66.7 Å². The van der Waals surface area contributed by atoms with Crippen LogP contribution in [0.4, 0.5) is 0 Å². The van der Waals surface area contributed by atoms with Crippen molar-refractivity contribution in [3.8, 4) is 51.7 Å². The fourth-order valence-corrected chi connectivity index (χ4v) is 4.38. The molecule has 0 fully saturated rings. The van der Waals surface area contributed by atoms with Crippen LogP contribution in [0.5, 0.6) is 51.7 Å². The highest BCUT2D eigenvalue weighted by molar-refractivity contribution is 9.10. The first-order valence-corrected chi connectivity index (χ1v) is 13.7. The quantitative estimate of drug-likeness (QED) is 0.227. The van der Waals surface area contributed by atoms with Crippen molar-refractivity contribution in [1.29, 1.82) is 0 Å². The van der Waals surface area contributed by atoms with Crippen LogP contribution in [0.15, 0.2) is 40.9 Å². The van der Waals surface area contributed by atoms with Gasteiger partial charge in [0.15, 0.2) is 61.2 Å². The van der Waals surface area contributed by atoms with E-state index in [0.717, 1.165) is 10.2 Å². The van der Waals surface area contributed by atoms with Crippen LogP contribution in [0.1, 0.15) is 15.9 Å². The minimum Gasteiger partial charge on any atom is -0.467 e. The number of halogens is 1. The summed E-state index contributed by atoms with van der Waals surface area (Å²) in [5.74, 6) is 5.35. The van der Waals surface area contributed by atoms with Crippen LogP contribution in [-0.2, 0) is 20.8 Å². The van der Waals surface area contributed by atoms with Crippen LogP contribution in [0.25, 0.3) is 0 Å². The average Bonchev–Trinajstić information content (AvgIpc) is 3.83. The molecule has 0 aromatic heterocycles. The fourth-order valence-electron chi connectivity index (χ4n) is 3.85. The molecule has 0 spiro atoms. The summed E-state index contributed by atoms with van der Waals surface area (Å²) in [7, 11) is 4.63. The Balaban J connectivity index is 0.000000151. The molecule has 3 heterocycles. The minimum atomic E-state index is -0.115. The van der Waals surface area contributed by atoms with Crippen molar-refractivity contribution in [3.63, 3.8) is 0 Å². The Bertz CT molecular complexity index is 1400. The van der Waals surface area contributed by atoms with E-state index < -0.39 is 0 Å². The van der Waals surface area contributed by atoms with E-state index in [4.69, 9.17) is 61.9 Å². The van der Waals surface area contributed by atoms with E-state index in [0.29, 0.717) is 63.4 Å². The van der Waals surface area contributed by atoms with Crippen molar-refractivity contribution in [2.75, 3.05) is 62.1 Å². The van der Waals surface area contributed by atoms with Gasteiger partial charge in [-0.05, 0) is 34.1 Å². The first-order valence-electron chi connectivity index (χ1n) is 12.9. The maximum absolute atomic E-state index is 10.8. The van der Waals surface area contributed by atoms with E-state index in [1.807, 2.05) is 6.07 Å². The molecule has 44 heavy (non-hydrogen) atoms. The molecule has 0 atom stereocenters. The zero-order valence-corrected chi connectivity index (χ0v) is 25.7. The summed E-state index contributed by atoms with van der Waals surface area (Å²) < 4.78 is 62.1. The van der Waals surface area contributed by atoms with Crippen molar-refractivity contribution in [2.45, 2.75) is 6.61 Å². The van der Waals surface area contributed by atoms with Gasteiger partial charge in [0.2, 0.25) is 20.4 Å². The summed E-state index contributed by atoms with van der Waals surface area (Å²) in [6.07, 6.45) is 0.702. The van der Waals surface area contributed by atoms with Crippen molar-refractivity contribution in [3.05, 3.63) is 52.0 Å². The van der Waals surface area contributed by atoms with E-state index in [9.17, 15) is 4.79 Å². The molecule has 6 rings (SSSR count). The fraction of sp³-hybridized carbons (Fsp3) is 0.345. The smallest absolute Gasteiger partial charge is 0.231 e. The number of fused-ring (bicyclic) bond motifs is 3. The summed E-state index contributed by atoms with van der Waals surface area (Å²) >= 11 is 3.36. The standard InChI is InChI=1S/C10H12O5.C10H10O5.C9H9BrO4/c2*1-12-5-13-8-2-7(4-11)10-9(3-8)14-6-15-10;1-11-4-12-6-2-7(10)9-8(3-6)13-5-14-9/h2-3,11H,4-6H2,1H3;2-4H,5-6H2,1H3;2-3H,4-5H2,1H3. The molecule has 3 aliphatic rings. The molecule has 14 nitrogen and oxygen atoms in total. The number of aldehydes is 1. The Kier molecular flexibility index (Phi) is 12.4. The third kappa shape index (κ3) is 8.48. The maximum atomic E-state index is 10.8. The van der Waals surface area contributed by atoms with Crippen LogP contribution in [0.2, 0.25) is 0 Å². The molecule has 0 radical (unpaired) electrons. The van der Waals surface area contributed by atoms with Crippen molar-refractivity contribution in [1.82, 2.24) is 0 Å². The van der Waals surface area contributed by atoms with Gasteiger partial charge in [-0.3, -0.25) is 4.79 Å². The Morgan fingerprint density at radius 1 is 0.659 bits per heavy atom. The molecule has 0 saturated carbocycles. The van der Waals surface area contributed by atoms with Gasteiger partial charge in [0.05, 0.1) is 16.6 Å². The zero-order chi connectivity index (χ0) is 31.3. The molecule has 238 valence electrons. The molecule has 0 amide bonds.